The molecule has 1 aromatic heterocycles. The van der Waals surface area contributed by atoms with Crippen LogP contribution in [0.25, 0.3) is 0 Å². The lowest BCUT2D eigenvalue weighted by Gasteiger charge is -2.15. The minimum atomic E-state index is -1.19. The van der Waals surface area contributed by atoms with Crippen LogP contribution in [-0.4, -0.2) is 40.0 Å². The van der Waals surface area contributed by atoms with E-state index in [-0.39, 0.29) is 28.6 Å². The first-order valence-electron chi connectivity index (χ1n) is 7.24. The van der Waals surface area contributed by atoms with Gasteiger partial charge < -0.3 is 20.5 Å². The van der Waals surface area contributed by atoms with Gasteiger partial charge in [0.15, 0.2) is 17.6 Å². The largest absolute Gasteiger partial charge is 0.494 e. The number of nitrogen functional groups attached to an aromatic ring is 1. The fourth-order valence-electron chi connectivity index (χ4n) is 1.91. The number of benzene rings is 1. The molecule has 2 rings (SSSR count). The molecule has 1 atom stereocenters. The Morgan fingerprint density at radius 2 is 2.00 bits per heavy atom. The number of nitrogens with one attached hydrogen (secondary N) is 1. The number of aromatic nitrogens is 2. The number of esters is 1. The number of ether oxygens (including phenoxy) is 2. The molecule has 0 radical (unpaired) electrons. The number of hydrogen-bond donors (Lipinski definition) is 2. The molecule has 0 aliphatic heterocycles. The molecule has 0 bridgehead atoms. The van der Waals surface area contributed by atoms with E-state index in [9.17, 15) is 19.7 Å². The molecule has 11 nitrogen and oxygen atoms in total. The second kappa shape index (κ2) is 7.88. The van der Waals surface area contributed by atoms with E-state index in [0.717, 1.165) is 6.07 Å². The van der Waals surface area contributed by atoms with Crippen LogP contribution in [0.15, 0.2) is 30.6 Å². The molecule has 0 spiro atoms. The lowest BCUT2D eigenvalue weighted by atomic mass is 10.2. The van der Waals surface area contributed by atoms with Gasteiger partial charge in [-0.2, -0.15) is 0 Å². The number of non-ortho nitro benzene ring substituents is 1. The Morgan fingerprint density at radius 3 is 2.62 bits per heavy atom. The van der Waals surface area contributed by atoms with Crippen molar-refractivity contribution in [3.05, 3.63) is 46.4 Å². The summed E-state index contributed by atoms with van der Waals surface area (Å²) in [5, 5.41) is 13.2. The first-order valence-corrected chi connectivity index (χ1v) is 7.24. The summed E-state index contributed by atoms with van der Waals surface area (Å²) in [5.74, 6) is -1.62. The number of hydrogen-bond acceptors (Lipinski definition) is 9. The number of carbonyl (C=O) groups is 2. The summed E-state index contributed by atoms with van der Waals surface area (Å²) in [6, 6.07) is 3.67. The number of nitrogens with two attached hydrogens (primary N) is 1. The van der Waals surface area contributed by atoms with Crippen molar-refractivity contribution in [2.75, 3.05) is 18.2 Å². The summed E-state index contributed by atoms with van der Waals surface area (Å²) in [6.45, 7) is 1.34. The van der Waals surface area contributed by atoms with Crippen LogP contribution in [0.3, 0.4) is 0 Å². The monoisotopic (exact) mass is 361 g/mol. The van der Waals surface area contributed by atoms with Gasteiger partial charge in [0.1, 0.15) is 5.75 Å². The van der Waals surface area contributed by atoms with E-state index in [1.807, 2.05) is 0 Å². The Bertz CT molecular complexity index is 856. The highest BCUT2D eigenvalue weighted by molar-refractivity contribution is 5.98. The Kier molecular flexibility index (Phi) is 5.63. The zero-order chi connectivity index (χ0) is 19.3. The molecule has 1 amide bonds. The summed E-state index contributed by atoms with van der Waals surface area (Å²) < 4.78 is 10.0. The van der Waals surface area contributed by atoms with Crippen LogP contribution in [-0.2, 0) is 9.53 Å². The summed E-state index contributed by atoms with van der Waals surface area (Å²) in [5.41, 5.74) is 5.31. The zero-order valence-electron chi connectivity index (χ0n) is 13.8. The number of nitro groups is 1. The van der Waals surface area contributed by atoms with E-state index in [1.54, 1.807) is 0 Å². The molecule has 1 heterocycles. The molecule has 0 aliphatic rings. The maximum absolute atomic E-state index is 12.2. The van der Waals surface area contributed by atoms with Crippen LogP contribution in [0, 0.1) is 10.1 Å². The van der Waals surface area contributed by atoms with Crippen LogP contribution >= 0.6 is 0 Å². The number of nitrogens with zero attached hydrogens (tertiary/aromatic N) is 3. The molecule has 136 valence electrons. The minimum absolute atomic E-state index is 0.0873. The highest BCUT2D eigenvalue weighted by atomic mass is 16.6. The molecule has 11 heteroatoms. The average molecular weight is 361 g/mol. The van der Waals surface area contributed by atoms with Gasteiger partial charge in [-0.3, -0.25) is 14.9 Å². The van der Waals surface area contributed by atoms with Gasteiger partial charge in [-0.05, 0) is 13.0 Å². The summed E-state index contributed by atoms with van der Waals surface area (Å²) >= 11 is 0. The van der Waals surface area contributed by atoms with Gasteiger partial charge in [-0.1, -0.05) is 0 Å². The van der Waals surface area contributed by atoms with E-state index in [2.05, 4.69) is 15.3 Å². The molecule has 0 aliphatic carbocycles. The lowest BCUT2D eigenvalue weighted by Crippen LogP contribution is -2.30. The van der Waals surface area contributed by atoms with Crippen molar-refractivity contribution in [3.63, 3.8) is 0 Å². The van der Waals surface area contributed by atoms with Crippen LogP contribution < -0.4 is 15.8 Å². The van der Waals surface area contributed by atoms with Crippen LogP contribution in [0.4, 0.5) is 17.2 Å². The van der Waals surface area contributed by atoms with E-state index >= 15 is 0 Å². The number of methoxy groups -OCH3 is 1. The van der Waals surface area contributed by atoms with Crippen LogP contribution in [0.2, 0.25) is 0 Å². The maximum atomic E-state index is 12.2. The third-order valence-corrected chi connectivity index (χ3v) is 3.23. The van der Waals surface area contributed by atoms with Gasteiger partial charge in [0.2, 0.25) is 0 Å². The minimum Gasteiger partial charge on any atom is -0.494 e. The van der Waals surface area contributed by atoms with Gasteiger partial charge >= 0.3 is 5.97 Å². The van der Waals surface area contributed by atoms with Crippen molar-refractivity contribution in [2.24, 2.45) is 0 Å². The van der Waals surface area contributed by atoms with Crippen molar-refractivity contribution in [1.29, 1.82) is 0 Å². The SMILES string of the molecule is COc1cc([N+](=O)[O-])ccc1NC(=O)[C@H](C)OC(=O)c1nccnc1N. The topological polar surface area (TPSA) is 160 Å². The molecule has 2 aromatic rings. The zero-order valence-corrected chi connectivity index (χ0v) is 13.8. The van der Waals surface area contributed by atoms with Crippen molar-refractivity contribution in [3.8, 4) is 5.75 Å². The number of carbonyl (C=O) groups excluding carboxylic acids is 2. The van der Waals surface area contributed by atoms with Crippen LogP contribution in [0.1, 0.15) is 17.4 Å². The van der Waals surface area contributed by atoms with Crippen molar-refractivity contribution in [2.45, 2.75) is 13.0 Å². The third-order valence-electron chi connectivity index (χ3n) is 3.23. The Morgan fingerprint density at radius 1 is 1.31 bits per heavy atom. The molecular formula is C15H15N5O6. The summed E-state index contributed by atoms with van der Waals surface area (Å²) in [7, 11) is 1.30. The maximum Gasteiger partial charge on any atom is 0.361 e. The first kappa shape index (κ1) is 18.6. The average Bonchev–Trinajstić information content (AvgIpc) is 2.61. The number of rotatable bonds is 6. The normalized spacial score (nSPS) is 11.3. The Labute approximate surface area is 147 Å². The smallest absolute Gasteiger partial charge is 0.361 e. The molecule has 3 N–H and O–H groups in total. The predicted molar refractivity (Wildman–Crippen MR) is 89.6 cm³/mol. The van der Waals surface area contributed by atoms with Gasteiger partial charge in [-0.15, -0.1) is 0 Å². The number of nitro benzene ring substituents is 1. The summed E-state index contributed by atoms with van der Waals surface area (Å²) in [4.78, 5) is 41.8. The van der Waals surface area contributed by atoms with Gasteiger partial charge in [0.05, 0.1) is 23.8 Å². The summed E-state index contributed by atoms with van der Waals surface area (Å²) in [6.07, 6.45) is 1.38. The fourth-order valence-corrected chi connectivity index (χ4v) is 1.91. The molecular weight excluding hydrogens is 346 g/mol. The fraction of sp³-hybridized carbons (Fsp3) is 0.200. The van der Waals surface area contributed by atoms with Crippen molar-refractivity contribution < 1.29 is 24.0 Å². The number of anilines is 2. The van der Waals surface area contributed by atoms with E-state index < -0.39 is 22.9 Å². The molecule has 26 heavy (non-hydrogen) atoms. The first-order chi connectivity index (χ1) is 12.3. The van der Waals surface area contributed by atoms with E-state index in [0.29, 0.717) is 0 Å². The highest BCUT2D eigenvalue weighted by Gasteiger charge is 2.23. The quantitative estimate of drug-likeness (QED) is 0.437. The highest BCUT2D eigenvalue weighted by Crippen LogP contribution is 2.29. The molecule has 1 aromatic carbocycles. The van der Waals surface area contributed by atoms with Crippen molar-refractivity contribution in [1.82, 2.24) is 9.97 Å². The molecule has 0 saturated carbocycles. The predicted octanol–water partition coefficient (Wildman–Crippen LogP) is 1.16. The third kappa shape index (κ3) is 4.20. The van der Waals surface area contributed by atoms with Gasteiger partial charge in [0, 0.05) is 18.5 Å². The van der Waals surface area contributed by atoms with Crippen LogP contribution in [0.5, 0.6) is 5.75 Å². The number of amides is 1. The van der Waals surface area contributed by atoms with E-state index in [4.69, 9.17) is 15.2 Å². The Hall–Kier alpha value is -3.76. The second-order valence-electron chi connectivity index (χ2n) is 4.97. The van der Waals surface area contributed by atoms with E-state index in [1.165, 1.54) is 38.6 Å². The molecule has 0 unspecified atom stereocenters. The Balaban J connectivity index is 2.08. The van der Waals surface area contributed by atoms with Crippen molar-refractivity contribution >= 4 is 29.1 Å². The molecule has 0 saturated heterocycles. The molecule has 0 fully saturated rings. The standard InChI is InChI=1S/C15H15N5O6/c1-8(26-15(22)12-13(16)18-6-5-17-12)14(21)19-10-4-3-9(20(23)24)7-11(10)25-2/h3-8H,1-2H3,(H2,16,18)(H,19,21)/t8-/m0/s1. The van der Waals surface area contributed by atoms with Gasteiger partial charge in [-0.25, -0.2) is 14.8 Å². The lowest BCUT2D eigenvalue weighted by molar-refractivity contribution is -0.384. The second-order valence-corrected chi connectivity index (χ2v) is 4.97. The van der Waals surface area contributed by atoms with Gasteiger partial charge in [0.25, 0.3) is 11.6 Å².